The van der Waals surface area contributed by atoms with Crippen molar-refractivity contribution in [3.63, 3.8) is 0 Å². The van der Waals surface area contributed by atoms with E-state index in [1.807, 2.05) is 25.1 Å². The van der Waals surface area contributed by atoms with Crippen molar-refractivity contribution in [3.05, 3.63) is 66.5 Å². The molecule has 0 amide bonds. The number of halogens is 2. The summed E-state index contributed by atoms with van der Waals surface area (Å²) in [5, 5.41) is 14.3. The van der Waals surface area contributed by atoms with Gasteiger partial charge in [0.05, 0.1) is 11.1 Å². The van der Waals surface area contributed by atoms with E-state index in [1.54, 1.807) is 12.3 Å². The molecule has 9 heteroatoms. The normalized spacial score (nSPS) is 12.0. The van der Waals surface area contributed by atoms with Crippen molar-refractivity contribution in [1.29, 1.82) is 0 Å². The van der Waals surface area contributed by atoms with E-state index in [-0.39, 0.29) is 41.5 Å². The lowest BCUT2D eigenvalue weighted by Crippen LogP contribution is -2.40. The van der Waals surface area contributed by atoms with Gasteiger partial charge in [-0.05, 0) is 37.6 Å². The first-order valence-corrected chi connectivity index (χ1v) is 10.3. The van der Waals surface area contributed by atoms with Gasteiger partial charge in [0, 0.05) is 29.6 Å². The number of sulfonamides is 1. The van der Waals surface area contributed by atoms with E-state index in [0.29, 0.717) is 17.3 Å². The van der Waals surface area contributed by atoms with Crippen molar-refractivity contribution in [2.45, 2.75) is 24.3 Å². The van der Waals surface area contributed by atoms with Gasteiger partial charge in [-0.15, -0.1) is 24.8 Å². The monoisotopic (exact) mass is 457 g/mol. The van der Waals surface area contributed by atoms with Gasteiger partial charge >= 0.3 is 0 Å². The Morgan fingerprint density at radius 2 is 1.79 bits per heavy atom. The van der Waals surface area contributed by atoms with E-state index < -0.39 is 10.0 Å². The zero-order valence-electron chi connectivity index (χ0n) is 15.9. The molecule has 1 atom stereocenters. The maximum atomic E-state index is 12.6. The summed E-state index contributed by atoms with van der Waals surface area (Å²) in [5.41, 5.74) is 1.24. The molecular weight excluding hydrogens is 433 g/mol. The van der Waals surface area contributed by atoms with Crippen LogP contribution < -0.4 is 10.0 Å². The molecule has 0 radical (unpaired) electrons. The second kappa shape index (κ2) is 11.3. The van der Waals surface area contributed by atoms with Crippen molar-refractivity contribution in [3.8, 4) is 5.75 Å². The molecule has 2 aromatic carbocycles. The minimum Gasteiger partial charge on any atom is -0.506 e. The molecule has 0 spiro atoms. The van der Waals surface area contributed by atoms with Gasteiger partial charge in [0.1, 0.15) is 5.75 Å². The van der Waals surface area contributed by atoms with E-state index in [1.165, 1.54) is 23.9 Å². The summed E-state index contributed by atoms with van der Waals surface area (Å²) < 4.78 is 27.9. The molecule has 0 aliphatic rings. The first-order valence-electron chi connectivity index (χ1n) is 8.79. The zero-order valence-corrected chi connectivity index (χ0v) is 18.4. The predicted molar refractivity (Wildman–Crippen MR) is 121 cm³/mol. The third kappa shape index (κ3) is 6.83. The Kier molecular flexibility index (Phi) is 9.82. The van der Waals surface area contributed by atoms with Crippen molar-refractivity contribution >= 4 is 45.6 Å². The summed E-state index contributed by atoms with van der Waals surface area (Å²) in [6.45, 7) is 3.11. The molecular formula is C20H25Cl2N3O3S. The van der Waals surface area contributed by atoms with E-state index in [2.05, 4.69) is 27.2 Å². The number of benzene rings is 2. The fourth-order valence-electron chi connectivity index (χ4n) is 2.87. The topological polar surface area (TPSA) is 91.3 Å². The molecule has 0 fully saturated rings. The van der Waals surface area contributed by atoms with Gasteiger partial charge in [0.2, 0.25) is 10.0 Å². The highest BCUT2D eigenvalue weighted by atomic mass is 35.5. The molecule has 3 rings (SSSR count). The van der Waals surface area contributed by atoms with Crippen LogP contribution in [0.1, 0.15) is 12.5 Å². The SMILES string of the molecule is C[C@H](CNCCc1ccccc1)NS(=O)(=O)c1ccc2cncc(O)c2c1.Cl.Cl. The quantitative estimate of drug-likeness (QED) is 0.451. The Morgan fingerprint density at radius 3 is 2.52 bits per heavy atom. The van der Waals surface area contributed by atoms with E-state index in [4.69, 9.17) is 0 Å². The van der Waals surface area contributed by atoms with Crippen molar-refractivity contribution < 1.29 is 13.5 Å². The lowest BCUT2D eigenvalue weighted by atomic mass is 10.1. The third-order valence-electron chi connectivity index (χ3n) is 4.26. The van der Waals surface area contributed by atoms with Crippen LogP contribution in [0.2, 0.25) is 0 Å². The lowest BCUT2D eigenvalue weighted by molar-refractivity contribution is 0.479. The van der Waals surface area contributed by atoms with Gasteiger partial charge < -0.3 is 10.4 Å². The summed E-state index contributed by atoms with van der Waals surface area (Å²) in [4.78, 5) is 4.01. The first-order chi connectivity index (χ1) is 13.0. The number of nitrogens with one attached hydrogen (secondary N) is 2. The number of rotatable bonds is 8. The van der Waals surface area contributed by atoms with Crippen molar-refractivity contribution in [2.24, 2.45) is 0 Å². The molecule has 0 aliphatic heterocycles. The molecule has 0 unspecified atom stereocenters. The van der Waals surface area contributed by atoms with E-state index >= 15 is 0 Å². The number of pyridine rings is 1. The standard InChI is InChI=1S/C20H23N3O3S.2ClH/c1-15(12-21-10-9-16-5-3-2-4-6-16)23-27(25,26)18-8-7-17-13-22-14-20(24)19(17)11-18;;/h2-8,11,13-15,21,23-24H,9-10,12H2,1H3;2*1H/t15-;;/m1../s1. The van der Waals surface area contributed by atoms with E-state index in [9.17, 15) is 13.5 Å². The fourth-order valence-corrected chi connectivity index (χ4v) is 4.13. The Balaban J connectivity index is 0.00000210. The molecule has 3 N–H and O–H groups in total. The highest BCUT2D eigenvalue weighted by Crippen LogP contribution is 2.25. The summed E-state index contributed by atoms with van der Waals surface area (Å²) >= 11 is 0. The van der Waals surface area contributed by atoms with Crippen LogP contribution in [-0.4, -0.2) is 37.6 Å². The van der Waals surface area contributed by atoms with Crippen molar-refractivity contribution in [1.82, 2.24) is 15.0 Å². The Morgan fingerprint density at radius 1 is 1.07 bits per heavy atom. The number of aromatic nitrogens is 1. The molecule has 1 aromatic heterocycles. The molecule has 6 nitrogen and oxygen atoms in total. The van der Waals surface area contributed by atoms with Crippen LogP contribution in [0, 0.1) is 0 Å². The molecule has 29 heavy (non-hydrogen) atoms. The van der Waals surface area contributed by atoms with Crippen LogP contribution in [0.4, 0.5) is 0 Å². The number of aromatic hydroxyl groups is 1. The van der Waals surface area contributed by atoms with Gasteiger partial charge in [-0.25, -0.2) is 13.1 Å². The minimum absolute atomic E-state index is 0. The van der Waals surface area contributed by atoms with Crippen LogP contribution in [0.3, 0.4) is 0 Å². The Labute approximate surface area is 183 Å². The van der Waals surface area contributed by atoms with Crippen LogP contribution in [0.25, 0.3) is 10.8 Å². The summed E-state index contributed by atoms with van der Waals surface area (Å²) in [6, 6.07) is 14.5. The fraction of sp³-hybridized carbons (Fsp3) is 0.250. The maximum absolute atomic E-state index is 12.6. The van der Waals surface area contributed by atoms with Gasteiger partial charge in [-0.2, -0.15) is 0 Å². The van der Waals surface area contributed by atoms with E-state index in [0.717, 1.165) is 13.0 Å². The molecule has 0 saturated heterocycles. The summed E-state index contributed by atoms with van der Waals surface area (Å²) in [6.07, 6.45) is 3.77. The van der Waals surface area contributed by atoms with Crippen LogP contribution in [0.5, 0.6) is 5.75 Å². The highest BCUT2D eigenvalue weighted by molar-refractivity contribution is 7.89. The molecule has 158 valence electrons. The van der Waals surface area contributed by atoms with Gasteiger partial charge in [-0.1, -0.05) is 36.4 Å². The lowest BCUT2D eigenvalue weighted by Gasteiger charge is -2.15. The average molecular weight is 458 g/mol. The second-order valence-corrected chi connectivity index (χ2v) is 8.22. The molecule has 0 aliphatic carbocycles. The molecule has 1 heterocycles. The zero-order chi connectivity index (χ0) is 19.3. The first kappa shape index (κ1) is 25.1. The average Bonchev–Trinajstić information content (AvgIpc) is 2.66. The second-order valence-electron chi connectivity index (χ2n) is 6.50. The molecule has 0 saturated carbocycles. The Bertz CT molecular complexity index is 1020. The predicted octanol–water partition coefficient (Wildman–Crippen LogP) is 3.28. The summed E-state index contributed by atoms with van der Waals surface area (Å²) in [5.74, 6) is -0.0415. The largest absolute Gasteiger partial charge is 0.506 e. The Hall–Kier alpha value is -1.90. The molecule has 0 bridgehead atoms. The van der Waals surface area contributed by atoms with Crippen LogP contribution >= 0.6 is 24.8 Å². The molecule has 3 aromatic rings. The number of fused-ring (bicyclic) bond motifs is 1. The number of hydrogen-bond donors (Lipinski definition) is 3. The number of hydrogen-bond acceptors (Lipinski definition) is 5. The van der Waals surface area contributed by atoms with Gasteiger partial charge in [0.25, 0.3) is 0 Å². The summed E-state index contributed by atoms with van der Waals surface area (Å²) in [7, 11) is -3.68. The third-order valence-corrected chi connectivity index (χ3v) is 5.85. The van der Waals surface area contributed by atoms with Gasteiger partial charge in [-0.3, -0.25) is 4.98 Å². The van der Waals surface area contributed by atoms with Gasteiger partial charge in [0.15, 0.2) is 0 Å². The van der Waals surface area contributed by atoms with Crippen LogP contribution in [0.15, 0.2) is 65.8 Å². The van der Waals surface area contributed by atoms with Crippen LogP contribution in [-0.2, 0) is 16.4 Å². The van der Waals surface area contributed by atoms with Crippen molar-refractivity contribution in [2.75, 3.05) is 13.1 Å². The number of nitrogens with zero attached hydrogens (tertiary/aromatic N) is 1. The minimum atomic E-state index is -3.68. The maximum Gasteiger partial charge on any atom is 0.240 e. The highest BCUT2D eigenvalue weighted by Gasteiger charge is 2.18. The smallest absolute Gasteiger partial charge is 0.240 e.